The van der Waals surface area contributed by atoms with Crippen LogP contribution in [0.4, 0.5) is 5.82 Å². The zero-order valence-electron chi connectivity index (χ0n) is 9.85. The highest BCUT2D eigenvalue weighted by molar-refractivity contribution is 5.77. The molecule has 1 aliphatic carbocycles. The minimum Gasteiger partial charge on any atom is -0.480 e. The van der Waals surface area contributed by atoms with E-state index < -0.39 is 12.0 Å². The SMILES string of the molecule is C=CCC(Nc1cc(=O)[nH]c(C2CC2)n1)C(=O)O. The molecule has 0 spiro atoms. The fraction of sp³-hybridized carbons (Fsp3) is 0.417. The molecule has 3 N–H and O–H groups in total. The summed E-state index contributed by atoms with van der Waals surface area (Å²) < 4.78 is 0. The highest BCUT2D eigenvalue weighted by atomic mass is 16.4. The van der Waals surface area contributed by atoms with Crippen molar-refractivity contribution in [2.45, 2.75) is 31.2 Å². The summed E-state index contributed by atoms with van der Waals surface area (Å²) in [5.41, 5.74) is -0.267. The normalized spacial score (nSPS) is 16.0. The average Bonchev–Trinajstić information content (AvgIpc) is 3.11. The number of carboxylic acid groups (broad SMARTS) is 1. The minimum atomic E-state index is -0.995. The number of nitrogens with one attached hydrogen (secondary N) is 2. The van der Waals surface area contributed by atoms with E-state index in [1.807, 2.05) is 0 Å². The van der Waals surface area contributed by atoms with Gasteiger partial charge in [0.1, 0.15) is 17.7 Å². The van der Waals surface area contributed by atoms with Crippen LogP contribution in [0.25, 0.3) is 0 Å². The quantitative estimate of drug-likeness (QED) is 0.656. The summed E-state index contributed by atoms with van der Waals surface area (Å²) in [5, 5.41) is 11.7. The van der Waals surface area contributed by atoms with Gasteiger partial charge < -0.3 is 15.4 Å². The number of hydrogen-bond donors (Lipinski definition) is 3. The number of anilines is 1. The molecule has 6 nitrogen and oxygen atoms in total. The van der Waals surface area contributed by atoms with Gasteiger partial charge in [-0.1, -0.05) is 6.08 Å². The predicted molar refractivity (Wildman–Crippen MR) is 66.7 cm³/mol. The molecule has 1 aromatic heterocycles. The largest absolute Gasteiger partial charge is 0.480 e. The first-order valence-corrected chi connectivity index (χ1v) is 5.81. The second-order valence-electron chi connectivity index (χ2n) is 4.35. The molecule has 0 aliphatic heterocycles. The number of aromatic amines is 1. The lowest BCUT2D eigenvalue weighted by Gasteiger charge is -2.13. The van der Waals surface area contributed by atoms with Crippen LogP contribution in [0.3, 0.4) is 0 Å². The van der Waals surface area contributed by atoms with Crippen molar-refractivity contribution >= 4 is 11.8 Å². The van der Waals surface area contributed by atoms with E-state index in [9.17, 15) is 9.59 Å². The molecule has 1 saturated carbocycles. The van der Waals surface area contributed by atoms with Gasteiger partial charge in [0.2, 0.25) is 0 Å². The van der Waals surface area contributed by atoms with Crippen LogP contribution in [-0.2, 0) is 4.79 Å². The molecule has 1 atom stereocenters. The Bertz CT molecular complexity index is 520. The lowest BCUT2D eigenvalue weighted by atomic mass is 10.2. The van der Waals surface area contributed by atoms with Gasteiger partial charge >= 0.3 is 5.97 Å². The second kappa shape index (κ2) is 5.03. The number of carbonyl (C=O) groups is 1. The molecule has 1 aliphatic rings. The van der Waals surface area contributed by atoms with Gasteiger partial charge in [-0.15, -0.1) is 6.58 Å². The number of H-pyrrole nitrogens is 1. The third-order valence-electron chi connectivity index (χ3n) is 2.75. The van der Waals surface area contributed by atoms with E-state index >= 15 is 0 Å². The van der Waals surface area contributed by atoms with E-state index in [2.05, 4.69) is 21.9 Å². The van der Waals surface area contributed by atoms with Gasteiger partial charge in [-0.3, -0.25) is 4.79 Å². The maximum atomic E-state index is 11.4. The molecule has 0 amide bonds. The Hall–Kier alpha value is -2.11. The van der Waals surface area contributed by atoms with Gasteiger partial charge in [-0.2, -0.15) is 0 Å². The Morgan fingerprint density at radius 1 is 1.72 bits per heavy atom. The molecule has 0 saturated heterocycles. The van der Waals surface area contributed by atoms with Gasteiger partial charge in [0.15, 0.2) is 0 Å². The van der Waals surface area contributed by atoms with Crippen LogP contribution in [0.15, 0.2) is 23.5 Å². The van der Waals surface area contributed by atoms with Crippen LogP contribution in [0, 0.1) is 0 Å². The van der Waals surface area contributed by atoms with Crippen molar-refractivity contribution in [3.63, 3.8) is 0 Å². The van der Waals surface area contributed by atoms with E-state index in [1.54, 1.807) is 0 Å². The Morgan fingerprint density at radius 3 is 3.00 bits per heavy atom. The van der Waals surface area contributed by atoms with Crippen LogP contribution < -0.4 is 10.9 Å². The first-order valence-electron chi connectivity index (χ1n) is 5.81. The molecule has 2 rings (SSSR count). The molecule has 1 heterocycles. The maximum absolute atomic E-state index is 11.4. The number of hydrogen-bond acceptors (Lipinski definition) is 4. The summed E-state index contributed by atoms with van der Waals surface area (Å²) in [7, 11) is 0. The number of nitrogens with zero attached hydrogens (tertiary/aromatic N) is 1. The molecule has 0 aromatic carbocycles. The van der Waals surface area contributed by atoms with Crippen molar-refractivity contribution in [1.82, 2.24) is 9.97 Å². The van der Waals surface area contributed by atoms with Crippen molar-refractivity contribution in [3.05, 3.63) is 34.9 Å². The van der Waals surface area contributed by atoms with Gasteiger partial charge in [0, 0.05) is 12.0 Å². The molecule has 6 heteroatoms. The van der Waals surface area contributed by atoms with Crippen molar-refractivity contribution < 1.29 is 9.90 Å². The first kappa shape index (κ1) is 12.3. The highest BCUT2D eigenvalue weighted by Crippen LogP contribution is 2.37. The lowest BCUT2D eigenvalue weighted by Crippen LogP contribution is -2.30. The van der Waals surface area contributed by atoms with E-state index in [1.165, 1.54) is 12.1 Å². The Labute approximate surface area is 104 Å². The third kappa shape index (κ3) is 2.97. The summed E-state index contributed by atoms with van der Waals surface area (Å²) in [6.45, 7) is 3.51. The van der Waals surface area contributed by atoms with Crippen LogP contribution in [0.5, 0.6) is 0 Å². The van der Waals surface area contributed by atoms with Gasteiger partial charge in [-0.05, 0) is 19.3 Å². The van der Waals surface area contributed by atoms with E-state index in [-0.39, 0.29) is 12.0 Å². The topological polar surface area (TPSA) is 95.1 Å². The van der Waals surface area contributed by atoms with Gasteiger partial charge in [0.05, 0.1) is 0 Å². The van der Waals surface area contributed by atoms with Crippen LogP contribution in [0.1, 0.15) is 31.0 Å². The Morgan fingerprint density at radius 2 is 2.44 bits per heavy atom. The second-order valence-corrected chi connectivity index (χ2v) is 4.35. The molecule has 1 aromatic rings. The van der Waals surface area contributed by atoms with Gasteiger partial charge in [-0.25, -0.2) is 9.78 Å². The molecule has 18 heavy (non-hydrogen) atoms. The summed E-state index contributed by atoms with van der Waals surface area (Å²) in [6, 6.07) is 0.453. The van der Waals surface area contributed by atoms with Crippen LogP contribution in [-0.4, -0.2) is 27.1 Å². The maximum Gasteiger partial charge on any atom is 0.326 e. The van der Waals surface area contributed by atoms with Crippen molar-refractivity contribution in [3.8, 4) is 0 Å². The fourth-order valence-electron chi connectivity index (χ4n) is 1.67. The zero-order valence-corrected chi connectivity index (χ0v) is 9.85. The molecular weight excluding hydrogens is 234 g/mol. The Kier molecular flexibility index (Phi) is 3.45. The first-order chi connectivity index (χ1) is 8.60. The van der Waals surface area contributed by atoms with Crippen molar-refractivity contribution in [2.75, 3.05) is 5.32 Å². The van der Waals surface area contributed by atoms with Crippen LogP contribution in [0.2, 0.25) is 0 Å². The minimum absolute atomic E-state index is 0.266. The number of carboxylic acids is 1. The molecule has 0 bridgehead atoms. The van der Waals surface area contributed by atoms with E-state index in [0.29, 0.717) is 17.6 Å². The van der Waals surface area contributed by atoms with Crippen molar-refractivity contribution in [2.24, 2.45) is 0 Å². The molecular formula is C12H15N3O3. The molecule has 1 fully saturated rings. The number of rotatable bonds is 6. The van der Waals surface area contributed by atoms with Gasteiger partial charge in [0.25, 0.3) is 5.56 Å². The highest BCUT2D eigenvalue weighted by Gasteiger charge is 2.27. The monoisotopic (exact) mass is 249 g/mol. The Balaban J connectivity index is 2.18. The third-order valence-corrected chi connectivity index (χ3v) is 2.75. The summed E-state index contributed by atoms with van der Waals surface area (Å²) >= 11 is 0. The smallest absolute Gasteiger partial charge is 0.326 e. The summed E-state index contributed by atoms with van der Waals surface area (Å²) in [6.07, 6.45) is 3.81. The lowest BCUT2D eigenvalue weighted by molar-refractivity contribution is -0.137. The molecule has 1 unspecified atom stereocenters. The van der Waals surface area contributed by atoms with E-state index in [4.69, 9.17) is 5.11 Å². The zero-order chi connectivity index (χ0) is 13.1. The van der Waals surface area contributed by atoms with E-state index in [0.717, 1.165) is 12.8 Å². The fourth-order valence-corrected chi connectivity index (χ4v) is 1.67. The average molecular weight is 249 g/mol. The van der Waals surface area contributed by atoms with Crippen LogP contribution >= 0.6 is 0 Å². The summed E-state index contributed by atoms with van der Waals surface area (Å²) in [5.74, 6) is 0.245. The number of aliphatic carboxylic acids is 1. The van der Waals surface area contributed by atoms with Crippen molar-refractivity contribution in [1.29, 1.82) is 0 Å². The summed E-state index contributed by atoms with van der Waals surface area (Å²) in [4.78, 5) is 29.3. The molecule has 0 radical (unpaired) electrons. The molecule has 96 valence electrons. The number of aromatic nitrogens is 2. The standard InChI is InChI=1S/C12H15N3O3/c1-2-3-8(12(17)18)13-9-6-10(16)15-11(14-9)7-4-5-7/h2,6-8H,1,3-5H2,(H,17,18)(H2,13,14,15,16). The predicted octanol–water partition coefficient (Wildman–Crippen LogP) is 1.09.